The number of fused-ring (bicyclic) bond motifs is 1. The van der Waals surface area contributed by atoms with Gasteiger partial charge in [0.15, 0.2) is 6.10 Å². The first kappa shape index (κ1) is 17.3. The molecular weight excluding hydrogens is 312 g/mol. The molecule has 0 saturated carbocycles. The van der Waals surface area contributed by atoms with Gasteiger partial charge >= 0.3 is 12.0 Å². The fraction of sp³-hybridized carbons (Fsp3) is 0.312. The van der Waals surface area contributed by atoms with Crippen molar-refractivity contribution >= 4 is 28.9 Å². The first-order valence-corrected chi connectivity index (χ1v) is 7.30. The third kappa shape index (κ3) is 3.83. The van der Waals surface area contributed by atoms with Crippen molar-refractivity contribution < 1.29 is 19.1 Å². The van der Waals surface area contributed by atoms with Crippen molar-refractivity contribution in [1.82, 2.24) is 20.6 Å². The van der Waals surface area contributed by atoms with Gasteiger partial charge in [0.2, 0.25) is 0 Å². The molecule has 0 aliphatic carbocycles. The van der Waals surface area contributed by atoms with Crippen molar-refractivity contribution in [2.24, 2.45) is 0 Å². The summed E-state index contributed by atoms with van der Waals surface area (Å²) in [4.78, 5) is 43.7. The molecule has 0 saturated heterocycles. The summed E-state index contributed by atoms with van der Waals surface area (Å²) >= 11 is 0. The van der Waals surface area contributed by atoms with E-state index in [2.05, 4.69) is 15.3 Å². The minimum Gasteiger partial charge on any atom is -0.449 e. The Hall–Kier alpha value is -3.03. The lowest BCUT2D eigenvalue weighted by Gasteiger charge is -2.13. The Balaban J connectivity index is 2.14. The third-order valence-electron chi connectivity index (χ3n) is 3.43. The molecule has 8 heteroatoms. The summed E-state index contributed by atoms with van der Waals surface area (Å²) in [6.45, 7) is 5.07. The number of imide groups is 1. The minimum atomic E-state index is -1.11. The molecule has 24 heavy (non-hydrogen) atoms. The van der Waals surface area contributed by atoms with Crippen molar-refractivity contribution in [3.63, 3.8) is 0 Å². The van der Waals surface area contributed by atoms with Crippen molar-refractivity contribution in [1.29, 1.82) is 0 Å². The Kier molecular flexibility index (Phi) is 5.08. The highest BCUT2D eigenvalue weighted by atomic mass is 16.5. The van der Waals surface area contributed by atoms with Gasteiger partial charge in [-0.05, 0) is 39.0 Å². The van der Waals surface area contributed by atoms with Crippen molar-refractivity contribution in [2.75, 3.05) is 7.05 Å². The molecule has 0 spiro atoms. The van der Waals surface area contributed by atoms with Gasteiger partial charge in [-0.15, -0.1) is 0 Å². The van der Waals surface area contributed by atoms with Gasteiger partial charge in [0.05, 0.1) is 28.0 Å². The fourth-order valence-corrected chi connectivity index (χ4v) is 1.92. The smallest absolute Gasteiger partial charge is 0.338 e. The van der Waals surface area contributed by atoms with E-state index in [0.29, 0.717) is 11.0 Å². The molecule has 2 rings (SSSR count). The van der Waals surface area contributed by atoms with Crippen molar-refractivity contribution in [2.45, 2.75) is 26.9 Å². The largest absolute Gasteiger partial charge is 0.449 e. The number of benzene rings is 1. The van der Waals surface area contributed by atoms with Gasteiger partial charge in [-0.2, -0.15) is 0 Å². The summed E-state index contributed by atoms with van der Waals surface area (Å²) in [5.74, 6) is -1.40. The van der Waals surface area contributed by atoms with E-state index in [1.165, 1.54) is 14.0 Å². The highest BCUT2D eigenvalue weighted by Gasteiger charge is 2.20. The van der Waals surface area contributed by atoms with Gasteiger partial charge in [-0.3, -0.25) is 10.1 Å². The van der Waals surface area contributed by atoms with E-state index < -0.39 is 24.0 Å². The Morgan fingerprint density at radius 2 is 1.71 bits per heavy atom. The quantitative estimate of drug-likeness (QED) is 0.820. The molecule has 2 N–H and O–H groups in total. The van der Waals surface area contributed by atoms with Crippen LogP contribution < -0.4 is 10.6 Å². The van der Waals surface area contributed by atoms with Crippen molar-refractivity contribution in [3.8, 4) is 0 Å². The molecule has 1 aromatic carbocycles. The third-order valence-corrected chi connectivity index (χ3v) is 3.43. The normalized spacial score (nSPS) is 11.7. The van der Waals surface area contributed by atoms with Crippen LogP contribution in [0.5, 0.6) is 0 Å². The Labute approximate surface area is 138 Å². The van der Waals surface area contributed by atoms with Crippen LogP contribution in [0.3, 0.4) is 0 Å². The summed E-state index contributed by atoms with van der Waals surface area (Å²) in [5.41, 5.74) is 3.07. The van der Waals surface area contributed by atoms with Crippen LogP contribution in [-0.2, 0) is 9.53 Å². The number of carbonyl (C=O) groups is 3. The number of nitrogens with one attached hydrogen (secondary N) is 2. The number of carbonyl (C=O) groups excluding carboxylic acids is 3. The molecule has 8 nitrogen and oxygen atoms in total. The molecule has 0 radical (unpaired) electrons. The van der Waals surface area contributed by atoms with Gasteiger partial charge in [-0.25, -0.2) is 19.6 Å². The number of aromatic nitrogens is 2. The first-order chi connectivity index (χ1) is 11.3. The fourth-order valence-electron chi connectivity index (χ4n) is 1.92. The maximum atomic E-state index is 12.2. The summed E-state index contributed by atoms with van der Waals surface area (Å²) in [7, 11) is 1.37. The van der Waals surface area contributed by atoms with Gasteiger partial charge in [0.1, 0.15) is 0 Å². The summed E-state index contributed by atoms with van der Waals surface area (Å²) in [6.07, 6.45) is -1.11. The molecule has 0 unspecified atom stereocenters. The molecule has 1 atom stereocenters. The van der Waals surface area contributed by atoms with Gasteiger partial charge in [0.25, 0.3) is 5.91 Å². The highest BCUT2D eigenvalue weighted by Crippen LogP contribution is 2.15. The minimum absolute atomic E-state index is 0.250. The molecule has 0 aliphatic heterocycles. The monoisotopic (exact) mass is 330 g/mol. The van der Waals surface area contributed by atoms with Gasteiger partial charge in [-0.1, -0.05) is 0 Å². The standard InChI is InChI=1S/C16H18N4O4/c1-8-9(2)19-13-7-11(5-6-12(13)18-8)15(22)24-10(3)14(21)20-16(23)17-4/h5-7,10H,1-4H3,(H2,17,20,21,23)/t10-/m0/s1. The lowest BCUT2D eigenvalue weighted by Crippen LogP contribution is -2.43. The van der Waals surface area contributed by atoms with Crippen LogP contribution in [-0.4, -0.2) is 41.0 Å². The van der Waals surface area contributed by atoms with E-state index in [1.54, 1.807) is 18.2 Å². The maximum absolute atomic E-state index is 12.2. The number of nitrogens with zero attached hydrogens (tertiary/aromatic N) is 2. The molecule has 0 aliphatic rings. The molecule has 0 fully saturated rings. The molecular formula is C16H18N4O4. The average Bonchev–Trinajstić information content (AvgIpc) is 2.55. The highest BCUT2D eigenvalue weighted by molar-refractivity contribution is 5.99. The number of hydrogen-bond acceptors (Lipinski definition) is 6. The predicted molar refractivity (Wildman–Crippen MR) is 86.5 cm³/mol. The molecule has 0 bridgehead atoms. The number of urea groups is 1. The summed E-state index contributed by atoms with van der Waals surface area (Å²) < 4.78 is 5.07. The lowest BCUT2D eigenvalue weighted by atomic mass is 10.2. The Morgan fingerprint density at radius 3 is 2.33 bits per heavy atom. The zero-order valence-electron chi connectivity index (χ0n) is 13.8. The van der Waals surface area contributed by atoms with E-state index in [9.17, 15) is 14.4 Å². The SMILES string of the molecule is CNC(=O)NC(=O)[C@H](C)OC(=O)c1ccc2nc(C)c(C)nc2c1. The van der Waals surface area contributed by atoms with E-state index >= 15 is 0 Å². The Morgan fingerprint density at radius 1 is 1.08 bits per heavy atom. The second-order valence-electron chi connectivity index (χ2n) is 5.21. The zero-order valence-corrected chi connectivity index (χ0v) is 13.8. The van der Waals surface area contributed by atoms with Crippen LogP contribution in [0.15, 0.2) is 18.2 Å². The van der Waals surface area contributed by atoms with E-state index in [0.717, 1.165) is 11.4 Å². The second-order valence-corrected chi connectivity index (χ2v) is 5.21. The molecule has 1 heterocycles. The predicted octanol–water partition coefficient (Wildman–Crippen LogP) is 1.25. The van der Waals surface area contributed by atoms with Crippen LogP contribution in [0.4, 0.5) is 4.79 Å². The van der Waals surface area contributed by atoms with Crippen LogP contribution in [0, 0.1) is 13.8 Å². The second kappa shape index (κ2) is 7.03. The number of esters is 1. The number of amides is 3. The molecule has 1 aromatic heterocycles. The number of hydrogen-bond donors (Lipinski definition) is 2. The lowest BCUT2D eigenvalue weighted by molar-refractivity contribution is -0.127. The number of ether oxygens (including phenoxy) is 1. The first-order valence-electron chi connectivity index (χ1n) is 7.30. The van der Waals surface area contributed by atoms with Gasteiger partial charge in [0, 0.05) is 7.05 Å². The van der Waals surface area contributed by atoms with Crippen molar-refractivity contribution in [3.05, 3.63) is 35.2 Å². The average molecular weight is 330 g/mol. The van der Waals surface area contributed by atoms with Crippen LogP contribution >= 0.6 is 0 Å². The topological polar surface area (TPSA) is 110 Å². The molecule has 126 valence electrons. The van der Waals surface area contributed by atoms with Crippen LogP contribution in [0.1, 0.15) is 28.7 Å². The maximum Gasteiger partial charge on any atom is 0.338 e. The van der Waals surface area contributed by atoms with E-state index in [1.807, 2.05) is 19.2 Å². The summed E-state index contributed by atoms with van der Waals surface area (Å²) in [6, 6.07) is 4.10. The zero-order chi connectivity index (χ0) is 17.9. The van der Waals surface area contributed by atoms with E-state index in [-0.39, 0.29) is 5.56 Å². The van der Waals surface area contributed by atoms with Crippen LogP contribution in [0.2, 0.25) is 0 Å². The van der Waals surface area contributed by atoms with Crippen LogP contribution in [0.25, 0.3) is 11.0 Å². The molecule has 2 aromatic rings. The van der Waals surface area contributed by atoms with E-state index in [4.69, 9.17) is 4.74 Å². The summed E-state index contributed by atoms with van der Waals surface area (Å²) in [5, 5.41) is 4.28. The Bertz CT molecular complexity index is 819. The number of rotatable bonds is 3. The molecule has 3 amide bonds. The number of aryl methyl sites for hydroxylation is 2. The van der Waals surface area contributed by atoms with Gasteiger partial charge < -0.3 is 10.1 Å².